The largest absolute Gasteiger partial charge is 0.416 e. The van der Waals surface area contributed by atoms with Crippen molar-refractivity contribution in [2.75, 3.05) is 0 Å². The maximum absolute atomic E-state index is 12.8. The first-order valence-electron chi connectivity index (χ1n) is 6.17. The van der Waals surface area contributed by atoms with Gasteiger partial charge in [0.05, 0.1) is 5.56 Å². The van der Waals surface area contributed by atoms with E-state index in [1.165, 1.54) is 6.07 Å². The van der Waals surface area contributed by atoms with Crippen LogP contribution in [0.25, 0.3) is 21.9 Å². The first-order chi connectivity index (χ1) is 9.97. The Morgan fingerprint density at radius 1 is 0.952 bits per heavy atom. The van der Waals surface area contributed by atoms with Crippen LogP contribution in [0.15, 0.2) is 54.9 Å². The van der Waals surface area contributed by atoms with E-state index in [9.17, 15) is 13.2 Å². The Morgan fingerprint density at radius 2 is 1.76 bits per heavy atom. The second-order valence-electron chi connectivity index (χ2n) is 4.59. The zero-order chi connectivity index (χ0) is 15.0. The van der Waals surface area contributed by atoms with Gasteiger partial charge in [-0.2, -0.15) is 13.2 Å². The summed E-state index contributed by atoms with van der Waals surface area (Å²) in [5.41, 5.74) is 0.526. The van der Waals surface area contributed by atoms with Crippen molar-refractivity contribution in [3.05, 3.63) is 65.4 Å². The average molecular weight is 308 g/mol. The van der Waals surface area contributed by atoms with Gasteiger partial charge in [-0.3, -0.25) is 4.98 Å². The van der Waals surface area contributed by atoms with Gasteiger partial charge in [-0.05, 0) is 40.8 Å². The molecule has 0 unspecified atom stereocenters. The molecular formula is C16H9ClF3N. The topological polar surface area (TPSA) is 12.9 Å². The minimum absolute atomic E-state index is 0.498. The Balaban J connectivity index is 2.24. The van der Waals surface area contributed by atoms with E-state index in [1.807, 2.05) is 0 Å². The van der Waals surface area contributed by atoms with Crippen LogP contribution in [0.4, 0.5) is 13.2 Å². The summed E-state index contributed by atoms with van der Waals surface area (Å²) in [5, 5.41) is 2.01. The van der Waals surface area contributed by atoms with Gasteiger partial charge in [-0.1, -0.05) is 29.8 Å². The monoisotopic (exact) mass is 307 g/mol. The van der Waals surface area contributed by atoms with Gasteiger partial charge in [0, 0.05) is 22.8 Å². The predicted octanol–water partition coefficient (Wildman–Crippen LogP) is 5.57. The van der Waals surface area contributed by atoms with Crippen LogP contribution in [-0.2, 0) is 6.18 Å². The highest BCUT2D eigenvalue weighted by Gasteiger charge is 2.30. The van der Waals surface area contributed by atoms with E-state index in [0.717, 1.165) is 17.5 Å². The van der Waals surface area contributed by atoms with Gasteiger partial charge in [-0.15, -0.1) is 0 Å². The summed E-state index contributed by atoms with van der Waals surface area (Å²) in [6.45, 7) is 0. The molecule has 0 aliphatic carbocycles. The molecule has 1 nitrogen and oxygen atoms in total. The molecule has 0 bridgehead atoms. The number of alkyl halides is 3. The van der Waals surface area contributed by atoms with Crippen molar-refractivity contribution in [3.63, 3.8) is 0 Å². The highest BCUT2D eigenvalue weighted by molar-refractivity contribution is 6.36. The Bertz CT molecular complexity index is 812. The van der Waals surface area contributed by atoms with Gasteiger partial charge in [0.15, 0.2) is 0 Å². The Kier molecular flexibility index (Phi) is 3.33. The lowest BCUT2D eigenvalue weighted by Crippen LogP contribution is -2.04. The van der Waals surface area contributed by atoms with Crippen molar-refractivity contribution in [1.82, 2.24) is 4.98 Å². The molecule has 0 atom stereocenters. The van der Waals surface area contributed by atoms with Crippen molar-refractivity contribution in [2.45, 2.75) is 6.18 Å². The van der Waals surface area contributed by atoms with Crippen LogP contribution in [0.5, 0.6) is 0 Å². The van der Waals surface area contributed by atoms with Crippen molar-refractivity contribution >= 4 is 22.4 Å². The fraction of sp³-hybridized carbons (Fsp3) is 0.0625. The van der Waals surface area contributed by atoms with Crippen LogP contribution < -0.4 is 0 Å². The maximum Gasteiger partial charge on any atom is 0.416 e. The third-order valence-corrected chi connectivity index (χ3v) is 3.60. The summed E-state index contributed by atoms with van der Waals surface area (Å²) in [6.07, 6.45) is -1.16. The number of aromatic nitrogens is 1. The molecule has 0 aliphatic rings. The Morgan fingerprint density at radius 3 is 2.52 bits per heavy atom. The Labute approximate surface area is 124 Å². The summed E-state index contributed by atoms with van der Waals surface area (Å²) in [4.78, 5) is 4.00. The second-order valence-corrected chi connectivity index (χ2v) is 5.00. The maximum atomic E-state index is 12.8. The number of rotatable bonds is 1. The zero-order valence-electron chi connectivity index (χ0n) is 10.7. The Hall–Kier alpha value is -2.07. The molecule has 2 aromatic carbocycles. The lowest BCUT2D eigenvalue weighted by molar-refractivity contribution is -0.137. The fourth-order valence-electron chi connectivity index (χ4n) is 2.27. The first kappa shape index (κ1) is 13.9. The zero-order valence-corrected chi connectivity index (χ0v) is 11.4. The van der Waals surface area contributed by atoms with E-state index in [2.05, 4.69) is 4.98 Å². The highest BCUT2D eigenvalue weighted by Crippen LogP contribution is 2.36. The van der Waals surface area contributed by atoms with E-state index in [4.69, 9.17) is 11.6 Å². The molecule has 1 heterocycles. The van der Waals surface area contributed by atoms with Crippen molar-refractivity contribution in [3.8, 4) is 11.1 Å². The van der Waals surface area contributed by atoms with Crippen LogP contribution in [0, 0.1) is 0 Å². The summed E-state index contributed by atoms with van der Waals surface area (Å²) in [6, 6.07) is 10.4. The lowest BCUT2D eigenvalue weighted by Gasteiger charge is -2.11. The van der Waals surface area contributed by atoms with Crippen molar-refractivity contribution in [2.24, 2.45) is 0 Å². The summed E-state index contributed by atoms with van der Waals surface area (Å²) in [7, 11) is 0. The van der Waals surface area contributed by atoms with E-state index in [0.29, 0.717) is 21.5 Å². The number of fused-ring (bicyclic) bond motifs is 1. The van der Waals surface area contributed by atoms with Crippen LogP contribution in [-0.4, -0.2) is 4.98 Å². The summed E-state index contributed by atoms with van der Waals surface area (Å²) < 4.78 is 38.5. The van der Waals surface area contributed by atoms with Gasteiger partial charge in [0.2, 0.25) is 0 Å². The second kappa shape index (κ2) is 5.04. The van der Waals surface area contributed by atoms with Gasteiger partial charge in [-0.25, -0.2) is 0 Å². The van der Waals surface area contributed by atoms with Crippen LogP contribution >= 0.6 is 11.6 Å². The van der Waals surface area contributed by atoms with Crippen molar-refractivity contribution < 1.29 is 13.2 Å². The third-order valence-electron chi connectivity index (χ3n) is 3.27. The smallest absolute Gasteiger partial charge is 0.264 e. The fourth-order valence-corrected chi connectivity index (χ4v) is 2.48. The average Bonchev–Trinajstić information content (AvgIpc) is 2.47. The molecule has 0 saturated carbocycles. The normalized spacial score (nSPS) is 11.8. The van der Waals surface area contributed by atoms with E-state index >= 15 is 0 Å². The molecule has 0 fully saturated rings. The standard InChI is InChI=1S/C16H9ClF3N/c17-15-5-4-12(13-6-7-21-9-14(13)15)10-2-1-3-11(8-10)16(18,19)20/h1-9H. The number of halogens is 4. The molecule has 0 radical (unpaired) electrons. The number of nitrogens with zero attached hydrogens (tertiary/aromatic N) is 1. The van der Waals surface area contributed by atoms with E-state index < -0.39 is 11.7 Å². The minimum atomic E-state index is -4.36. The number of hydrogen-bond acceptors (Lipinski definition) is 1. The van der Waals surface area contributed by atoms with Crippen LogP contribution in [0.1, 0.15) is 5.56 Å². The molecule has 0 aliphatic heterocycles. The summed E-state index contributed by atoms with van der Waals surface area (Å²) in [5.74, 6) is 0. The first-order valence-corrected chi connectivity index (χ1v) is 6.54. The quantitative estimate of drug-likeness (QED) is 0.572. The predicted molar refractivity (Wildman–Crippen MR) is 77.2 cm³/mol. The van der Waals surface area contributed by atoms with Gasteiger partial charge < -0.3 is 0 Å². The molecule has 106 valence electrons. The number of pyridine rings is 1. The number of benzene rings is 2. The molecule has 3 rings (SSSR count). The van der Waals surface area contributed by atoms with E-state index in [1.54, 1.807) is 36.7 Å². The number of hydrogen-bond donors (Lipinski definition) is 0. The molecule has 3 aromatic rings. The highest BCUT2D eigenvalue weighted by atomic mass is 35.5. The van der Waals surface area contributed by atoms with Crippen LogP contribution in [0.2, 0.25) is 5.02 Å². The molecule has 0 amide bonds. The molecule has 5 heteroatoms. The third kappa shape index (κ3) is 2.59. The van der Waals surface area contributed by atoms with Gasteiger partial charge in [0.25, 0.3) is 0 Å². The molecule has 0 saturated heterocycles. The minimum Gasteiger partial charge on any atom is -0.264 e. The molecular weight excluding hydrogens is 299 g/mol. The van der Waals surface area contributed by atoms with Gasteiger partial charge >= 0.3 is 6.18 Å². The SMILES string of the molecule is FC(F)(F)c1cccc(-c2ccc(Cl)c3cnccc23)c1. The van der Waals surface area contributed by atoms with Gasteiger partial charge in [0.1, 0.15) is 0 Å². The molecule has 21 heavy (non-hydrogen) atoms. The summed E-state index contributed by atoms with van der Waals surface area (Å²) >= 11 is 6.10. The molecule has 0 spiro atoms. The van der Waals surface area contributed by atoms with Crippen LogP contribution in [0.3, 0.4) is 0 Å². The molecule has 1 aromatic heterocycles. The molecule has 0 N–H and O–H groups in total. The lowest BCUT2D eigenvalue weighted by atomic mass is 9.98. The van der Waals surface area contributed by atoms with E-state index in [-0.39, 0.29) is 0 Å². The van der Waals surface area contributed by atoms with Crippen molar-refractivity contribution in [1.29, 1.82) is 0 Å².